The maximum Gasteiger partial charge on any atom is 0.251 e. The predicted molar refractivity (Wildman–Crippen MR) is 107 cm³/mol. The number of fused-ring (bicyclic) bond motifs is 1. The number of benzene rings is 1. The summed E-state index contributed by atoms with van der Waals surface area (Å²) < 4.78 is 1.50. The Balaban J connectivity index is 2.19. The molecule has 0 aliphatic heterocycles. The number of aromatic nitrogens is 2. The number of aliphatic hydroxyl groups excluding tert-OH is 1. The molecule has 0 unspecified atom stereocenters. The van der Waals surface area contributed by atoms with Crippen LogP contribution in [0.15, 0.2) is 53.1 Å². The SMILES string of the molecule is CC(=N)/C(=C(/C)O)c1cc2ccc(=O)n(Cc3ccc(Cl)cn3)c2cc1O. The van der Waals surface area contributed by atoms with Crippen molar-refractivity contribution in [2.75, 3.05) is 0 Å². The molecule has 3 rings (SSSR count). The van der Waals surface area contributed by atoms with Crippen molar-refractivity contribution < 1.29 is 10.2 Å². The van der Waals surface area contributed by atoms with E-state index in [1.807, 2.05) is 0 Å². The van der Waals surface area contributed by atoms with Gasteiger partial charge in [-0.2, -0.15) is 0 Å². The molecule has 0 aliphatic rings. The number of hydrogen-bond acceptors (Lipinski definition) is 5. The molecule has 0 saturated carbocycles. The molecule has 2 heterocycles. The Kier molecular flexibility index (Phi) is 5.01. The van der Waals surface area contributed by atoms with Gasteiger partial charge in [0.1, 0.15) is 5.75 Å². The number of phenols is 1. The molecule has 0 amide bonds. The molecule has 0 saturated heterocycles. The van der Waals surface area contributed by atoms with Gasteiger partial charge in [0.05, 0.1) is 28.5 Å². The lowest BCUT2D eigenvalue weighted by molar-refractivity contribution is 0.417. The fourth-order valence-electron chi connectivity index (χ4n) is 3.02. The smallest absolute Gasteiger partial charge is 0.251 e. The minimum absolute atomic E-state index is 0.0594. The van der Waals surface area contributed by atoms with Gasteiger partial charge in [-0.1, -0.05) is 11.6 Å². The third kappa shape index (κ3) is 3.71. The van der Waals surface area contributed by atoms with Gasteiger partial charge in [0.2, 0.25) is 0 Å². The molecular weight excluding hydrogens is 366 g/mol. The molecule has 0 bridgehead atoms. The first-order valence-corrected chi connectivity index (χ1v) is 8.58. The third-order valence-corrected chi connectivity index (χ3v) is 4.45. The zero-order valence-corrected chi connectivity index (χ0v) is 15.6. The van der Waals surface area contributed by atoms with Crippen LogP contribution in [0.2, 0.25) is 5.02 Å². The minimum Gasteiger partial charge on any atom is -0.512 e. The lowest BCUT2D eigenvalue weighted by Gasteiger charge is -2.14. The van der Waals surface area contributed by atoms with Crippen LogP contribution in [0.3, 0.4) is 0 Å². The first-order chi connectivity index (χ1) is 12.8. The third-order valence-electron chi connectivity index (χ3n) is 4.22. The van der Waals surface area contributed by atoms with E-state index >= 15 is 0 Å². The van der Waals surface area contributed by atoms with E-state index in [0.717, 1.165) is 0 Å². The molecular formula is C20H18ClN3O3. The minimum atomic E-state index is -0.233. The zero-order chi connectivity index (χ0) is 19.7. The molecule has 7 heteroatoms. The van der Waals surface area contributed by atoms with Gasteiger partial charge in [-0.15, -0.1) is 0 Å². The molecule has 0 spiro atoms. The Labute approximate surface area is 160 Å². The molecule has 0 aliphatic carbocycles. The summed E-state index contributed by atoms with van der Waals surface area (Å²) >= 11 is 5.85. The molecule has 0 fully saturated rings. The molecule has 0 radical (unpaired) electrons. The first-order valence-electron chi connectivity index (χ1n) is 8.20. The Morgan fingerprint density at radius 3 is 2.56 bits per heavy atom. The van der Waals surface area contributed by atoms with Crippen LogP contribution in [0.25, 0.3) is 16.5 Å². The molecule has 3 aromatic rings. The summed E-state index contributed by atoms with van der Waals surface area (Å²) in [6.45, 7) is 3.22. The lowest BCUT2D eigenvalue weighted by atomic mass is 9.97. The summed E-state index contributed by atoms with van der Waals surface area (Å²) in [5.41, 5.74) is 1.67. The number of aliphatic hydroxyl groups is 1. The first kappa shape index (κ1) is 18.7. The van der Waals surface area contributed by atoms with Crippen molar-refractivity contribution in [3.05, 3.63) is 75.0 Å². The van der Waals surface area contributed by atoms with Gasteiger partial charge >= 0.3 is 0 Å². The van der Waals surface area contributed by atoms with Crippen LogP contribution in [-0.2, 0) is 6.54 Å². The van der Waals surface area contributed by atoms with Crippen molar-refractivity contribution in [2.45, 2.75) is 20.4 Å². The molecule has 1 aromatic carbocycles. The monoisotopic (exact) mass is 383 g/mol. The van der Waals surface area contributed by atoms with E-state index in [2.05, 4.69) is 4.98 Å². The second-order valence-electron chi connectivity index (χ2n) is 6.24. The largest absolute Gasteiger partial charge is 0.512 e. The number of pyridine rings is 2. The van der Waals surface area contributed by atoms with Crippen LogP contribution in [0.5, 0.6) is 5.75 Å². The number of nitrogens with zero attached hydrogens (tertiary/aromatic N) is 2. The molecule has 0 atom stereocenters. The summed E-state index contributed by atoms with van der Waals surface area (Å²) in [5.74, 6) is -0.184. The summed E-state index contributed by atoms with van der Waals surface area (Å²) in [6, 6.07) is 9.64. The van der Waals surface area contributed by atoms with Gasteiger partial charge < -0.3 is 20.2 Å². The van der Waals surface area contributed by atoms with Gasteiger partial charge in [0, 0.05) is 35.2 Å². The number of rotatable bonds is 4. The van der Waals surface area contributed by atoms with Crippen LogP contribution < -0.4 is 5.56 Å². The standard InChI is InChI=1S/C20H18ClN3O3/c1-11(22)20(12(2)25)16-7-13-3-6-19(27)24(17(13)8-18(16)26)10-15-5-4-14(21)9-23-15/h3-9,22,25-26H,10H2,1-2H3/b20-12+,22-11?. The molecule has 6 nitrogen and oxygen atoms in total. The molecule has 2 aromatic heterocycles. The summed E-state index contributed by atoms with van der Waals surface area (Å²) in [7, 11) is 0. The highest BCUT2D eigenvalue weighted by Crippen LogP contribution is 2.32. The van der Waals surface area contributed by atoms with E-state index in [-0.39, 0.29) is 34.9 Å². The van der Waals surface area contributed by atoms with Gasteiger partial charge in [-0.3, -0.25) is 9.78 Å². The average Bonchev–Trinajstić information content (AvgIpc) is 2.60. The van der Waals surface area contributed by atoms with Crippen molar-refractivity contribution in [1.29, 1.82) is 5.41 Å². The van der Waals surface area contributed by atoms with Crippen LogP contribution in [-0.4, -0.2) is 25.5 Å². The van der Waals surface area contributed by atoms with Crippen LogP contribution in [0.4, 0.5) is 0 Å². The quantitative estimate of drug-likeness (QED) is 0.465. The highest BCUT2D eigenvalue weighted by Gasteiger charge is 2.16. The second-order valence-corrected chi connectivity index (χ2v) is 6.68. The number of hydrogen-bond donors (Lipinski definition) is 3. The van der Waals surface area contributed by atoms with E-state index in [4.69, 9.17) is 17.0 Å². The predicted octanol–water partition coefficient (Wildman–Crippen LogP) is 4.13. The second kappa shape index (κ2) is 7.25. The number of aromatic hydroxyl groups is 1. The van der Waals surface area contributed by atoms with E-state index in [1.165, 1.54) is 36.7 Å². The van der Waals surface area contributed by atoms with Gasteiger partial charge in [-0.25, -0.2) is 0 Å². The van der Waals surface area contributed by atoms with E-state index in [0.29, 0.717) is 27.2 Å². The highest BCUT2D eigenvalue weighted by molar-refractivity contribution is 6.30. The summed E-state index contributed by atoms with van der Waals surface area (Å²) in [6.07, 6.45) is 1.51. The Hall–Kier alpha value is -3.12. The van der Waals surface area contributed by atoms with Crippen molar-refractivity contribution >= 4 is 33.8 Å². The van der Waals surface area contributed by atoms with E-state index in [9.17, 15) is 15.0 Å². The van der Waals surface area contributed by atoms with Crippen LogP contribution >= 0.6 is 11.6 Å². The molecule has 27 heavy (non-hydrogen) atoms. The normalized spacial score (nSPS) is 12.1. The van der Waals surface area contributed by atoms with E-state index in [1.54, 1.807) is 24.3 Å². The van der Waals surface area contributed by atoms with Gasteiger partial charge in [0.25, 0.3) is 5.56 Å². The van der Waals surface area contributed by atoms with E-state index < -0.39 is 0 Å². The fraction of sp³-hybridized carbons (Fsp3) is 0.150. The Morgan fingerprint density at radius 2 is 1.96 bits per heavy atom. The summed E-state index contributed by atoms with van der Waals surface area (Å²) in [4.78, 5) is 16.6. The summed E-state index contributed by atoms with van der Waals surface area (Å²) in [5, 5.41) is 29.5. The zero-order valence-electron chi connectivity index (χ0n) is 14.8. The number of halogens is 1. The highest BCUT2D eigenvalue weighted by atomic mass is 35.5. The maximum atomic E-state index is 12.4. The number of phenolic OH excluding ortho intramolecular Hbond substituents is 1. The topological polar surface area (TPSA) is 99.2 Å². The van der Waals surface area contributed by atoms with Crippen molar-refractivity contribution in [3.8, 4) is 5.75 Å². The fourth-order valence-corrected chi connectivity index (χ4v) is 3.14. The van der Waals surface area contributed by atoms with Crippen molar-refractivity contribution in [2.24, 2.45) is 0 Å². The van der Waals surface area contributed by atoms with Crippen LogP contribution in [0.1, 0.15) is 25.1 Å². The van der Waals surface area contributed by atoms with Gasteiger partial charge in [0.15, 0.2) is 0 Å². The van der Waals surface area contributed by atoms with Crippen molar-refractivity contribution in [1.82, 2.24) is 9.55 Å². The number of allylic oxidation sites excluding steroid dienone is 2. The van der Waals surface area contributed by atoms with Crippen molar-refractivity contribution in [3.63, 3.8) is 0 Å². The molecule has 3 N–H and O–H groups in total. The molecule has 138 valence electrons. The van der Waals surface area contributed by atoms with Crippen LogP contribution in [0, 0.1) is 5.41 Å². The van der Waals surface area contributed by atoms with Gasteiger partial charge in [-0.05, 0) is 43.5 Å². The number of nitrogens with one attached hydrogen (secondary N) is 1. The maximum absolute atomic E-state index is 12.4. The lowest BCUT2D eigenvalue weighted by Crippen LogP contribution is -2.20. The Morgan fingerprint density at radius 1 is 1.22 bits per heavy atom. The Bertz CT molecular complexity index is 1130. The average molecular weight is 384 g/mol.